The van der Waals surface area contributed by atoms with Crippen LogP contribution < -0.4 is 5.32 Å². The molecule has 2 rings (SSSR count). The highest BCUT2D eigenvalue weighted by Crippen LogP contribution is 2.42. The monoisotopic (exact) mass is 218 g/mol. The van der Waals surface area contributed by atoms with Gasteiger partial charge in [0.25, 0.3) is 0 Å². The Bertz CT molecular complexity index is 438. The zero-order valence-corrected chi connectivity index (χ0v) is 9.31. The third-order valence-corrected chi connectivity index (χ3v) is 3.33. The van der Waals surface area contributed by atoms with Crippen LogP contribution >= 0.6 is 0 Å². The van der Waals surface area contributed by atoms with Crippen molar-refractivity contribution in [1.82, 2.24) is 9.97 Å². The number of nitriles is 1. The van der Waals surface area contributed by atoms with E-state index in [0.717, 1.165) is 0 Å². The zero-order valence-electron chi connectivity index (χ0n) is 9.31. The fourth-order valence-electron chi connectivity index (χ4n) is 1.84. The van der Waals surface area contributed by atoms with Crippen LogP contribution in [0.1, 0.15) is 26.0 Å². The second-order valence-electron chi connectivity index (χ2n) is 4.64. The first-order valence-corrected chi connectivity index (χ1v) is 5.21. The van der Waals surface area contributed by atoms with Gasteiger partial charge < -0.3 is 10.4 Å². The quantitative estimate of drug-likeness (QED) is 0.771. The lowest BCUT2D eigenvalue weighted by Gasteiger charge is -2.49. The molecule has 0 bridgehead atoms. The van der Waals surface area contributed by atoms with Crippen molar-refractivity contribution in [3.8, 4) is 6.07 Å². The molecule has 1 aromatic heterocycles. The summed E-state index contributed by atoms with van der Waals surface area (Å²) in [5.41, 5.74) is 0.101. The molecule has 2 atom stereocenters. The van der Waals surface area contributed by atoms with E-state index in [9.17, 15) is 5.11 Å². The van der Waals surface area contributed by atoms with Gasteiger partial charge in [0, 0.05) is 23.9 Å². The predicted octanol–water partition coefficient (Wildman–Crippen LogP) is 0.920. The maximum atomic E-state index is 9.61. The van der Waals surface area contributed by atoms with Gasteiger partial charge in [0.05, 0.1) is 6.10 Å². The van der Waals surface area contributed by atoms with E-state index in [4.69, 9.17) is 5.26 Å². The van der Waals surface area contributed by atoms with Gasteiger partial charge in [0.1, 0.15) is 6.07 Å². The Morgan fingerprint density at radius 3 is 2.75 bits per heavy atom. The first-order valence-electron chi connectivity index (χ1n) is 5.21. The highest BCUT2D eigenvalue weighted by molar-refractivity contribution is 5.48. The smallest absolute Gasteiger partial charge is 0.182 e. The molecule has 84 valence electrons. The van der Waals surface area contributed by atoms with Crippen LogP contribution in [0.4, 0.5) is 5.82 Å². The minimum Gasteiger partial charge on any atom is -0.392 e. The average Bonchev–Trinajstić information content (AvgIpc) is 2.29. The highest BCUT2D eigenvalue weighted by atomic mass is 16.3. The number of nitrogens with zero attached hydrogens (tertiary/aromatic N) is 3. The maximum absolute atomic E-state index is 9.61. The largest absolute Gasteiger partial charge is 0.392 e. The molecule has 2 N–H and O–H groups in total. The molecule has 5 heteroatoms. The first-order chi connectivity index (χ1) is 7.55. The molecule has 1 heterocycles. The molecule has 2 unspecified atom stereocenters. The van der Waals surface area contributed by atoms with Crippen LogP contribution in [0.3, 0.4) is 0 Å². The van der Waals surface area contributed by atoms with Gasteiger partial charge in [0.2, 0.25) is 0 Å². The van der Waals surface area contributed by atoms with Gasteiger partial charge in [-0.15, -0.1) is 0 Å². The molecule has 1 aliphatic carbocycles. The first kappa shape index (κ1) is 10.8. The molecule has 16 heavy (non-hydrogen) atoms. The van der Waals surface area contributed by atoms with Crippen LogP contribution in [-0.2, 0) is 0 Å². The lowest BCUT2D eigenvalue weighted by Crippen LogP contribution is -2.57. The third-order valence-electron chi connectivity index (χ3n) is 3.33. The summed E-state index contributed by atoms with van der Waals surface area (Å²) in [7, 11) is 0. The molecule has 0 amide bonds. The summed E-state index contributed by atoms with van der Waals surface area (Å²) in [5, 5.41) is 21.6. The van der Waals surface area contributed by atoms with Crippen molar-refractivity contribution in [2.24, 2.45) is 5.41 Å². The van der Waals surface area contributed by atoms with Crippen molar-refractivity contribution < 1.29 is 5.11 Å². The molecule has 0 saturated heterocycles. The minimum atomic E-state index is -0.299. The molecule has 1 aliphatic rings. The van der Waals surface area contributed by atoms with Crippen LogP contribution in [0.15, 0.2) is 12.4 Å². The Hall–Kier alpha value is -1.67. The van der Waals surface area contributed by atoms with E-state index in [2.05, 4.69) is 15.3 Å². The van der Waals surface area contributed by atoms with E-state index >= 15 is 0 Å². The molecule has 0 aliphatic heterocycles. The number of hydrogen-bond donors (Lipinski definition) is 2. The molecule has 0 radical (unpaired) electrons. The number of aliphatic hydroxyl groups excluding tert-OH is 1. The Labute approximate surface area is 94.2 Å². The Balaban J connectivity index is 2.14. The van der Waals surface area contributed by atoms with E-state index in [1.807, 2.05) is 19.9 Å². The van der Waals surface area contributed by atoms with Crippen LogP contribution in [-0.4, -0.2) is 27.2 Å². The van der Waals surface area contributed by atoms with Crippen molar-refractivity contribution in [3.05, 3.63) is 18.1 Å². The summed E-state index contributed by atoms with van der Waals surface area (Å²) >= 11 is 0. The average molecular weight is 218 g/mol. The summed E-state index contributed by atoms with van der Waals surface area (Å²) in [4.78, 5) is 8.01. The molecule has 1 aromatic rings. The van der Waals surface area contributed by atoms with Gasteiger partial charge in [0.15, 0.2) is 11.5 Å². The summed E-state index contributed by atoms with van der Waals surface area (Å²) in [6.07, 6.45) is 3.41. The molecule has 0 aromatic carbocycles. The lowest BCUT2D eigenvalue weighted by atomic mass is 9.64. The topological polar surface area (TPSA) is 81.8 Å². The molecular formula is C11H14N4O. The van der Waals surface area contributed by atoms with Gasteiger partial charge >= 0.3 is 0 Å². The van der Waals surface area contributed by atoms with Crippen molar-refractivity contribution in [2.45, 2.75) is 32.4 Å². The van der Waals surface area contributed by atoms with E-state index < -0.39 is 0 Å². The van der Waals surface area contributed by atoms with Crippen LogP contribution in [0, 0.1) is 16.7 Å². The fourth-order valence-corrected chi connectivity index (χ4v) is 1.84. The standard InChI is InChI=1S/C11H14N4O/c1-11(2)8(5-9(11)16)15-10-7(6-12)13-3-4-14-10/h3-4,8-9,16H,5H2,1-2H3,(H,14,15). The maximum Gasteiger partial charge on any atom is 0.182 e. The molecule has 5 nitrogen and oxygen atoms in total. The number of rotatable bonds is 2. The number of aromatic nitrogens is 2. The third kappa shape index (κ3) is 1.61. The lowest BCUT2D eigenvalue weighted by molar-refractivity contribution is -0.0511. The molecule has 1 fully saturated rings. The normalized spacial score (nSPS) is 26.6. The number of aliphatic hydroxyl groups is 1. The van der Waals surface area contributed by atoms with Gasteiger partial charge in [-0.1, -0.05) is 13.8 Å². The van der Waals surface area contributed by atoms with Crippen molar-refractivity contribution in [3.63, 3.8) is 0 Å². The number of nitrogens with one attached hydrogen (secondary N) is 1. The van der Waals surface area contributed by atoms with Gasteiger partial charge in [-0.2, -0.15) is 5.26 Å². The molecule has 0 spiro atoms. The molecule has 1 saturated carbocycles. The summed E-state index contributed by atoms with van der Waals surface area (Å²) < 4.78 is 0. The second-order valence-corrected chi connectivity index (χ2v) is 4.64. The Morgan fingerprint density at radius 1 is 1.50 bits per heavy atom. The van der Waals surface area contributed by atoms with Crippen LogP contribution in [0.25, 0.3) is 0 Å². The predicted molar refractivity (Wildman–Crippen MR) is 58.6 cm³/mol. The number of hydrogen-bond acceptors (Lipinski definition) is 5. The molecular weight excluding hydrogens is 204 g/mol. The van der Waals surface area contributed by atoms with Crippen molar-refractivity contribution >= 4 is 5.82 Å². The number of anilines is 1. The Morgan fingerprint density at radius 2 is 2.19 bits per heavy atom. The second kappa shape index (κ2) is 3.72. The van der Waals surface area contributed by atoms with E-state index in [1.165, 1.54) is 6.20 Å². The Kier molecular flexibility index (Phi) is 2.52. The SMILES string of the molecule is CC1(C)C(O)CC1Nc1nccnc1C#N. The van der Waals surface area contributed by atoms with Crippen molar-refractivity contribution in [2.75, 3.05) is 5.32 Å². The highest BCUT2D eigenvalue weighted by Gasteiger charge is 2.47. The minimum absolute atomic E-state index is 0.131. The van der Waals surface area contributed by atoms with E-state index in [0.29, 0.717) is 17.9 Å². The fraction of sp³-hybridized carbons (Fsp3) is 0.545. The van der Waals surface area contributed by atoms with E-state index in [-0.39, 0.29) is 17.6 Å². The van der Waals surface area contributed by atoms with E-state index in [1.54, 1.807) is 6.20 Å². The van der Waals surface area contributed by atoms with Gasteiger partial charge in [-0.3, -0.25) is 0 Å². The summed E-state index contributed by atoms with van der Waals surface area (Å²) in [5.74, 6) is 0.495. The van der Waals surface area contributed by atoms with Gasteiger partial charge in [-0.05, 0) is 6.42 Å². The van der Waals surface area contributed by atoms with Gasteiger partial charge in [-0.25, -0.2) is 9.97 Å². The summed E-state index contributed by atoms with van der Waals surface area (Å²) in [6, 6.07) is 2.12. The zero-order chi connectivity index (χ0) is 11.8. The van der Waals surface area contributed by atoms with Crippen molar-refractivity contribution in [1.29, 1.82) is 5.26 Å². The van der Waals surface area contributed by atoms with Crippen LogP contribution in [0.5, 0.6) is 0 Å². The van der Waals surface area contributed by atoms with Crippen LogP contribution in [0.2, 0.25) is 0 Å². The summed E-state index contributed by atoms with van der Waals surface area (Å²) in [6.45, 7) is 3.97.